The molecule has 0 amide bonds. The molecule has 2 aromatic carbocycles. The van der Waals surface area contributed by atoms with E-state index in [2.05, 4.69) is 34.1 Å². The van der Waals surface area contributed by atoms with Crippen LogP contribution in [-0.4, -0.2) is 23.4 Å². The van der Waals surface area contributed by atoms with E-state index in [-0.39, 0.29) is 5.78 Å². The molecule has 116 valence electrons. The van der Waals surface area contributed by atoms with Crippen LogP contribution >= 0.6 is 0 Å². The van der Waals surface area contributed by atoms with E-state index < -0.39 is 0 Å². The van der Waals surface area contributed by atoms with Gasteiger partial charge in [-0.15, -0.1) is 0 Å². The highest BCUT2D eigenvalue weighted by Gasteiger charge is 2.12. The molecule has 0 aliphatic carbocycles. The van der Waals surface area contributed by atoms with Crippen molar-refractivity contribution in [3.8, 4) is 11.1 Å². The second kappa shape index (κ2) is 5.67. The Morgan fingerprint density at radius 3 is 2.57 bits per heavy atom. The number of nitrogens with zero attached hydrogens (tertiary/aromatic N) is 1. The van der Waals surface area contributed by atoms with Gasteiger partial charge >= 0.3 is 0 Å². The lowest BCUT2D eigenvalue weighted by molar-refractivity contribution is 0.101. The van der Waals surface area contributed by atoms with Crippen molar-refractivity contribution in [2.24, 2.45) is 0 Å². The summed E-state index contributed by atoms with van der Waals surface area (Å²) >= 11 is 0. The van der Waals surface area contributed by atoms with Gasteiger partial charge in [0.15, 0.2) is 5.78 Å². The molecule has 0 atom stereocenters. The Morgan fingerprint density at radius 2 is 1.78 bits per heavy atom. The number of carbonyl (C=O) groups is 1. The lowest BCUT2D eigenvalue weighted by atomic mass is 10.0. The fraction of sp³-hybridized carbons (Fsp3) is 0.250. The summed E-state index contributed by atoms with van der Waals surface area (Å²) in [4.78, 5) is 11.4. The maximum atomic E-state index is 11.4. The molecule has 1 N–H and O–H groups in total. The number of fused-ring (bicyclic) bond motifs is 3. The standard InChI is InChI=1S/C20H20N2O/c1-14(23)15-2-4-16(5-3-15)17-6-7-18-12-19-8-9-21-10-11-22(19)20(18)13-17/h2-7,12-13,21H,8-11H2,1H3. The van der Waals surface area contributed by atoms with Gasteiger partial charge in [0.1, 0.15) is 0 Å². The Labute approximate surface area is 135 Å². The first-order valence-corrected chi connectivity index (χ1v) is 8.16. The van der Waals surface area contributed by atoms with Crippen molar-refractivity contribution >= 4 is 16.7 Å². The van der Waals surface area contributed by atoms with E-state index in [1.54, 1.807) is 6.92 Å². The van der Waals surface area contributed by atoms with Crippen molar-refractivity contribution in [3.05, 3.63) is 59.8 Å². The number of rotatable bonds is 2. The molecule has 23 heavy (non-hydrogen) atoms. The van der Waals surface area contributed by atoms with Crippen LogP contribution in [0.4, 0.5) is 0 Å². The van der Waals surface area contributed by atoms with Crippen LogP contribution in [0.25, 0.3) is 22.0 Å². The molecule has 0 saturated carbocycles. The molecule has 0 radical (unpaired) electrons. The van der Waals surface area contributed by atoms with Crippen molar-refractivity contribution < 1.29 is 4.79 Å². The third-order valence-electron chi connectivity index (χ3n) is 4.68. The zero-order valence-electron chi connectivity index (χ0n) is 13.3. The minimum atomic E-state index is 0.108. The Bertz CT molecular complexity index is 875. The molecule has 3 nitrogen and oxygen atoms in total. The molecule has 3 heteroatoms. The number of aromatic nitrogens is 1. The molecule has 0 bridgehead atoms. The number of hydrogen-bond donors (Lipinski definition) is 1. The van der Waals surface area contributed by atoms with Crippen LogP contribution in [0.3, 0.4) is 0 Å². The third-order valence-corrected chi connectivity index (χ3v) is 4.68. The predicted octanol–water partition coefficient (Wildman–Crippen LogP) is 3.66. The van der Waals surface area contributed by atoms with E-state index in [4.69, 9.17) is 0 Å². The molecule has 1 aromatic heterocycles. The number of hydrogen-bond acceptors (Lipinski definition) is 2. The van der Waals surface area contributed by atoms with Gasteiger partial charge in [0, 0.05) is 42.8 Å². The van der Waals surface area contributed by atoms with Crippen molar-refractivity contribution in [2.75, 3.05) is 13.1 Å². The van der Waals surface area contributed by atoms with E-state index in [1.165, 1.54) is 22.2 Å². The van der Waals surface area contributed by atoms with Crippen molar-refractivity contribution in [1.82, 2.24) is 9.88 Å². The van der Waals surface area contributed by atoms with E-state index in [1.807, 2.05) is 24.3 Å². The largest absolute Gasteiger partial charge is 0.343 e. The zero-order chi connectivity index (χ0) is 15.8. The van der Waals surface area contributed by atoms with Gasteiger partial charge in [0.2, 0.25) is 0 Å². The zero-order valence-corrected chi connectivity index (χ0v) is 13.3. The average Bonchev–Trinajstić information content (AvgIpc) is 2.75. The minimum Gasteiger partial charge on any atom is -0.343 e. The predicted molar refractivity (Wildman–Crippen MR) is 94.0 cm³/mol. The second-order valence-electron chi connectivity index (χ2n) is 6.19. The summed E-state index contributed by atoms with van der Waals surface area (Å²) in [5.41, 5.74) is 5.83. The summed E-state index contributed by atoms with van der Waals surface area (Å²) < 4.78 is 2.43. The Balaban J connectivity index is 1.78. The average molecular weight is 304 g/mol. The molecule has 2 heterocycles. The first kappa shape index (κ1) is 14.2. The SMILES string of the molecule is CC(=O)c1ccc(-c2ccc3cc4n(c3c2)CCNCC4)cc1. The molecule has 1 aliphatic rings. The summed E-state index contributed by atoms with van der Waals surface area (Å²) in [6, 6.07) is 16.8. The summed E-state index contributed by atoms with van der Waals surface area (Å²) in [7, 11) is 0. The molecular formula is C20H20N2O. The molecule has 0 unspecified atom stereocenters. The van der Waals surface area contributed by atoms with E-state index in [9.17, 15) is 4.79 Å². The van der Waals surface area contributed by atoms with E-state index in [0.717, 1.165) is 37.2 Å². The number of carbonyl (C=O) groups excluding carboxylic acids is 1. The molecule has 3 aromatic rings. The lowest BCUT2D eigenvalue weighted by Crippen LogP contribution is -2.17. The number of ketones is 1. The van der Waals surface area contributed by atoms with Crippen molar-refractivity contribution in [3.63, 3.8) is 0 Å². The Kier molecular flexibility index (Phi) is 3.50. The molecule has 4 rings (SSSR count). The quantitative estimate of drug-likeness (QED) is 0.733. The Hall–Kier alpha value is -2.39. The van der Waals surface area contributed by atoms with Gasteiger partial charge in [-0.25, -0.2) is 0 Å². The fourth-order valence-electron chi connectivity index (χ4n) is 3.39. The normalized spacial score (nSPS) is 14.5. The fourth-order valence-corrected chi connectivity index (χ4v) is 3.39. The van der Waals surface area contributed by atoms with Gasteiger partial charge in [-0.1, -0.05) is 36.4 Å². The van der Waals surface area contributed by atoms with Gasteiger partial charge in [0.25, 0.3) is 0 Å². The van der Waals surface area contributed by atoms with Gasteiger partial charge < -0.3 is 9.88 Å². The summed E-state index contributed by atoms with van der Waals surface area (Å²) in [5, 5.41) is 4.77. The maximum Gasteiger partial charge on any atom is 0.159 e. The van der Waals surface area contributed by atoms with Gasteiger partial charge in [-0.2, -0.15) is 0 Å². The van der Waals surface area contributed by atoms with Crippen LogP contribution in [0.1, 0.15) is 23.0 Å². The number of nitrogens with one attached hydrogen (secondary N) is 1. The highest BCUT2D eigenvalue weighted by molar-refractivity contribution is 5.94. The third kappa shape index (κ3) is 2.57. The van der Waals surface area contributed by atoms with E-state index >= 15 is 0 Å². The smallest absolute Gasteiger partial charge is 0.159 e. The molecule has 0 spiro atoms. The van der Waals surface area contributed by atoms with Gasteiger partial charge in [0.05, 0.1) is 0 Å². The lowest BCUT2D eigenvalue weighted by Gasteiger charge is -2.08. The molecular weight excluding hydrogens is 284 g/mol. The van der Waals surface area contributed by atoms with Gasteiger partial charge in [-0.05, 0) is 35.6 Å². The summed E-state index contributed by atoms with van der Waals surface area (Å²) in [6.45, 7) is 4.69. The second-order valence-corrected chi connectivity index (χ2v) is 6.19. The minimum absolute atomic E-state index is 0.108. The highest BCUT2D eigenvalue weighted by Crippen LogP contribution is 2.28. The number of benzene rings is 2. The monoisotopic (exact) mass is 304 g/mol. The van der Waals surface area contributed by atoms with Crippen molar-refractivity contribution in [1.29, 1.82) is 0 Å². The van der Waals surface area contributed by atoms with Crippen LogP contribution in [0.5, 0.6) is 0 Å². The van der Waals surface area contributed by atoms with Crippen LogP contribution in [0.2, 0.25) is 0 Å². The maximum absolute atomic E-state index is 11.4. The first-order chi connectivity index (χ1) is 11.2. The topological polar surface area (TPSA) is 34.0 Å². The molecule has 1 aliphatic heterocycles. The van der Waals surface area contributed by atoms with Crippen LogP contribution in [-0.2, 0) is 13.0 Å². The summed E-state index contributed by atoms with van der Waals surface area (Å²) in [6.07, 6.45) is 1.08. The number of Topliss-reactive ketones (excluding diaryl/α,β-unsaturated/α-hetero) is 1. The highest BCUT2D eigenvalue weighted by atomic mass is 16.1. The van der Waals surface area contributed by atoms with Crippen LogP contribution in [0, 0.1) is 0 Å². The van der Waals surface area contributed by atoms with Gasteiger partial charge in [-0.3, -0.25) is 4.79 Å². The van der Waals surface area contributed by atoms with Crippen molar-refractivity contribution in [2.45, 2.75) is 19.9 Å². The van der Waals surface area contributed by atoms with Crippen LogP contribution in [0.15, 0.2) is 48.5 Å². The summed E-state index contributed by atoms with van der Waals surface area (Å²) in [5.74, 6) is 0.108. The van der Waals surface area contributed by atoms with Crippen LogP contribution < -0.4 is 5.32 Å². The Morgan fingerprint density at radius 1 is 1.00 bits per heavy atom. The molecule has 0 saturated heterocycles. The molecule has 0 fully saturated rings. The first-order valence-electron chi connectivity index (χ1n) is 8.16. The van der Waals surface area contributed by atoms with E-state index in [0.29, 0.717) is 0 Å².